The fraction of sp³-hybridized carbons (Fsp3) is 0.160. The molecule has 0 saturated carbocycles. The third-order valence-electron chi connectivity index (χ3n) is 5.50. The first-order valence-electron chi connectivity index (χ1n) is 10.2. The molecule has 5 nitrogen and oxygen atoms in total. The van der Waals surface area contributed by atoms with Gasteiger partial charge in [-0.05, 0) is 48.1 Å². The van der Waals surface area contributed by atoms with Gasteiger partial charge in [0.25, 0.3) is 0 Å². The quantitative estimate of drug-likeness (QED) is 0.510. The van der Waals surface area contributed by atoms with Crippen LogP contribution in [-0.2, 0) is 24.1 Å². The second-order valence-electron chi connectivity index (χ2n) is 7.60. The van der Waals surface area contributed by atoms with Crippen LogP contribution >= 0.6 is 0 Å². The maximum absolute atomic E-state index is 12.7. The van der Waals surface area contributed by atoms with Crippen LogP contribution in [0.2, 0.25) is 0 Å². The standard InChI is InChI=1S/C25H22N4O/c30-23(16-17-13-14-18-9-6-10-20(18)15-17)26-22-12-5-4-11-21(22)25-27-24(28-29-25)19-7-2-1-3-8-19/h1-5,7-8,11-15H,6,9-10,16H2,(H,26,30)(H,27,28,29). The lowest BCUT2D eigenvalue weighted by Crippen LogP contribution is -2.15. The van der Waals surface area contributed by atoms with E-state index in [9.17, 15) is 4.79 Å². The largest absolute Gasteiger partial charge is 0.325 e. The molecule has 30 heavy (non-hydrogen) atoms. The molecule has 0 unspecified atom stereocenters. The average molecular weight is 394 g/mol. The Labute approximate surface area is 175 Å². The Kier molecular flexibility index (Phi) is 4.85. The molecule has 2 N–H and O–H groups in total. The van der Waals surface area contributed by atoms with Crippen molar-refractivity contribution in [2.24, 2.45) is 0 Å². The van der Waals surface area contributed by atoms with Crippen LogP contribution in [0.1, 0.15) is 23.1 Å². The van der Waals surface area contributed by atoms with Crippen LogP contribution in [0.15, 0.2) is 72.8 Å². The first kappa shape index (κ1) is 18.3. The maximum Gasteiger partial charge on any atom is 0.228 e. The van der Waals surface area contributed by atoms with E-state index < -0.39 is 0 Å². The van der Waals surface area contributed by atoms with Gasteiger partial charge in [-0.1, -0.05) is 60.7 Å². The molecule has 1 aromatic heterocycles. The molecule has 0 aliphatic heterocycles. The van der Waals surface area contributed by atoms with Crippen LogP contribution in [0.4, 0.5) is 5.69 Å². The second kappa shape index (κ2) is 7.95. The number of aromatic amines is 1. The number of fused-ring (bicyclic) bond motifs is 1. The number of aromatic nitrogens is 3. The summed E-state index contributed by atoms with van der Waals surface area (Å²) in [4.78, 5) is 17.4. The van der Waals surface area contributed by atoms with E-state index in [1.54, 1.807) is 0 Å². The molecule has 5 rings (SSSR count). The summed E-state index contributed by atoms with van der Waals surface area (Å²) in [6.07, 6.45) is 3.83. The topological polar surface area (TPSA) is 70.7 Å². The van der Waals surface area contributed by atoms with Gasteiger partial charge in [0.05, 0.1) is 12.1 Å². The van der Waals surface area contributed by atoms with E-state index in [4.69, 9.17) is 0 Å². The lowest BCUT2D eigenvalue weighted by Gasteiger charge is -2.10. The predicted octanol–water partition coefficient (Wildman–Crippen LogP) is 4.81. The summed E-state index contributed by atoms with van der Waals surface area (Å²) in [7, 11) is 0. The number of hydrogen-bond donors (Lipinski definition) is 2. The van der Waals surface area contributed by atoms with Gasteiger partial charge in [-0.2, -0.15) is 5.10 Å². The van der Waals surface area contributed by atoms with E-state index >= 15 is 0 Å². The molecular formula is C25H22N4O. The molecule has 0 bridgehead atoms. The van der Waals surface area contributed by atoms with Crippen molar-refractivity contribution in [2.45, 2.75) is 25.7 Å². The number of anilines is 1. The smallest absolute Gasteiger partial charge is 0.228 e. The first-order chi connectivity index (χ1) is 14.8. The van der Waals surface area contributed by atoms with E-state index in [-0.39, 0.29) is 5.91 Å². The van der Waals surface area contributed by atoms with Crippen molar-refractivity contribution in [3.05, 3.63) is 89.5 Å². The van der Waals surface area contributed by atoms with E-state index in [0.717, 1.165) is 35.2 Å². The average Bonchev–Trinajstić information content (AvgIpc) is 3.44. The van der Waals surface area contributed by atoms with Gasteiger partial charge in [-0.25, -0.2) is 4.98 Å². The molecule has 0 spiro atoms. The first-order valence-corrected chi connectivity index (χ1v) is 10.2. The molecule has 1 heterocycles. The fourth-order valence-corrected chi connectivity index (χ4v) is 4.01. The van der Waals surface area contributed by atoms with E-state index in [1.807, 2.05) is 54.6 Å². The molecule has 0 radical (unpaired) electrons. The number of hydrogen-bond acceptors (Lipinski definition) is 3. The number of nitrogens with zero attached hydrogens (tertiary/aromatic N) is 2. The zero-order valence-corrected chi connectivity index (χ0v) is 16.6. The number of carbonyl (C=O) groups is 1. The Morgan fingerprint density at radius 2 is 1.73 bits per heavy atom. The van der Waals surface area contributed by atoms with Crippen molar-refractivity contribution >= 4 is 11.6 Å². The monoisotopic (exact) mass is 394 g/mol. The van der Waals surface area contributed by atoms with Crippen molar-refractivity contribution < 1.29 is 4.79 Å². The highest BCUT2D eigenvalue weighted by Gasteiger charge is 2.15. The Morgan fingerprint density at radius 1 is 0.933 bits per heavy atom. The highest BCUT2D eigenvalue weighted by atomic mass is 16.1. The van der Waals surface area contributed by atoms with Crippen LogP contribution in [0.5, 0.6) is 0 Å². The number of nitrogens with one attached hydrogen (secondary N) is 2. The summed E-state index contributed by atoms with van der Waals surface area (Å²) in [6, 6.07) is 23.9. The molecule has 1 aliphatic rings. The number of carbonyl (C=O) groups excluding carboxylic acids is 1. The molecule has 0 atom stereocenters. The van der Waals surface area contributed by atoms with Gasteiger partial charge < -0.3 is 5.32 Å². The summed E-state index contributed by atoms with van der Waals surface area (Å²) >= 11 is 0. The van der Waals surface area contributed by atoms with Crippen LogP contribution in [0, 0.1) is 0 Å². The molecule has 4 aromatic rings. The summed E-state index contributed by atoms with van der Waals surface area (Å²) in [5.74, 6) is 1.22. The van der Waals surface area contributed by atoms with Crippen molar-refractivity contribution in [1.29, 1.82) is 0 Å². The number of H-pyrrole nitrogens is 1. The molecule has 0 fully saturated rings. The van der Waals surface area contributed by atoms with Gasteiger partial charge in [0.15, 0.2) is 11.6 Å². The SMILES string of the molecule is O=C(Cc1ccc2c(c1)CCC2)Nc1ccccc1-c1nc(-c2ccccc2)n[nH]1. The number of aryl methyl sites for hydroxylation is 2. The zero-order valence-electron chi connectivity index (χ0n) is 16.6. The molecule has 3 aromatic carbocycles. The normalized spacial score (nSPS) is 12.5. The minimum absolute atomic E-state index is 0.0387. The third-order valence-corrected chi connectivity index (χ3v) is 5.50. The Bertz CT molecular complexity index is 1200. The van der Waals surface area contributed by atoms with Gasteiger partial charge in [0, 0.05) is 11.1 Å². The maximum atomic E-state index is 12.7. The van der Waals surface area contributed by atoms with Crippen LogP contribution in [-0.4, -0.2) is 21.1 Å². The van der Waals surface area contributed by atoms with Crippen LogP contribution < -0.4 is 5.32 Å². The van der Waals surface area contributed by atoms with Crippen molar-refractivity contribution in [2.75, 3.05) is 5.32 Å². The summed E-state index contributed by atoms with van der Waals surface area (Å²) < 4.78 is 0. The Morgan fingerprint density at radius 3 is 2.63 bits per heavy atom. The molecule has 1 aliphatic carbocycles. The third kappa shape index (κ3) is 3.74. The zero-order chi connectivity index (χ0) is 20.3. The lowest BCUT2D eigenvalue weighted by atomic mass is 10.0. The lowest BCUT2D eigenvalue weighted by molar-refractivity contribution is -0.115. The molecule has 0 saturated heterocycles. The molecule has 5 heteroatoms. The second-order valence-corrected chi connectivity index (χ2v) is 7.60. The Hall–Kier alpha value is -3.73. The van der Waals surface area contributed by atoms with Crippen molar-refractivity contribution in [3.8, 4) is 22.8 Å². The predicted molar refractivity (Wildman–Crippen MR) is 118 cm³/mol. The van der Waals surface area contributed by atoms with Gasteiger partial charge in [-0.15, -0.1) is 0 Å². The number of amides is 1. The van der Waals surface area contributed by atoms with Crippen LogP contribution in [0.3, 0.4) is 0 Å². The molecule has 148 valence electrons. The van der Waals surface area contributed by atoms with Gasteiger partial charge in [-0.3, -0.25) is 9.89 Å². The summed E-state index contributed by atoms with van der Waals surface area (Å²) in [5, 5.41) is 10.4. The van der Waals surface area contributed by atoms with Crippen molar-refractivity contribution in [1.82, 2.24) is 15.2 Å². The minimum atomic E-state index is -0.0387. The highest BCUT2D eigenvalue weighted by Crippen LogP contribution is 2.27. The number of rotatable bonds is 5. The van der Waals surface area contributed by atoms with E-state index in [0.29, 0.717) is 18.1 Å². The van der Waals surface area contributed by atoms with Gasteiger partial charge in [0.2, 0.25) is 5.91 Å². The van der Waals surface area contributed by atoms with Gasteiger partial charge in [0.1, 0.15) is 0 Å². The minimum Gasteiger partial charge on any atom is -0.325 e. The van der Waals surface area contributed by atoms with Gasteiger partial charge >= 0.3 is 0 Å². The highest BCUT2D eigenvalue weighted by molar-refractivity contribution is 5.96. The summed E-state index contributed by atoms with van der Waals surface area (Å²) in [5.41, 5.74) is 6.34. The summed E-state index contributed by atoms with van der Waals surface area (Å²) in [6.45, 7) is 0. The van der Waals surface area contributed by atoms with E-state index in [1.165, 1.54) is 17.5 Å². The van der Waals surface area contributed by atoms with E-state index in [2.05, 4.69) is 38.7 Å². The molecular weight excluding hydrogens is 372 g/mol. The number of para-hydroxylation sites is 1. The molecule has 1 amide bonds. The number of benzene rings is 3. The van der Waals surface area contributed by atoms with Crippen molar-refractivity contribution in [3.63, 3.8) is 0 Å². The van der Waals surface area contributed by atoms with Crippen LogP contribution in [0.25, 0.3) is 22.8 Å². The Balaban J connectivity index is 1.35. The fourth-order valence-electron chi connectivity index (χ4n) is 4.01.